The zero-order valence-corrected chi connectivity index (χ0v) is 7.53. The van der Waals surface area contributed by atoms with Crippen molar-refractivity contribution in [3.8, 4) is 5.75 Å². The number of nitrogens with zero attached hydrogens (tertiary/aromatic N) is 1. The topological polar surface area (TPSA) is 59.1 Å². The summed E-state index contributed by atoms with van der Waals surface area (Å²) >= 11 is 0. The predicted molar refractivity (Wildman–Crippen MR) is 50.4 cm³/mol. The fraction of sp³-hybridized carbons (Fsp3) is 0.500. The molecule has 1 aromatic rings. The van der Waals surface area contributed by atoms with Gasteiger partial charge in [-0.25, -0.2) is 0 Å². The van der Waals surface area contributed by atoms with E-state index in [9.17, 15) is 5.11 Å². The lowest BCUT2D eigenvalue weighted by atomic mass is 9.82. The molecule has 13 heavy (non-hydrogen) atoms. The van der Waals surface area contributed by atoms with Gasteiger partial charge in [0.15, 0.2) is 0 Å². The van der Waals surface area contributed by atoms with E-state index in [-0.39, 0.29) is 5.75 Å². The highest BCUT2D eigenvalue weighted by Gasteiger charge is 2.21. The first-order chi connectivity index (χ1) is 6.31. The molecule has 0 saturated heterocycles. The van der Waals surface area contributed by atoms with Gasteiger partial charge in [-0.05, 0) is 18.9 Å². The molecule has 0 aliphatic heterocycles. The number of rotatable bonds is 2. The van der Waals surface area contributed by atoms with Gasteiger partial charge in [0, 0.05) is 23.7 Å². The Kier molecular flexibility index (Phi) is 2.19. The summed E-state index contributed by atoms with van der Waals surface area (Å²) in [6, 6.07) is 1.93. The monoisotopic (exact) mass is 178 g/mol. The molecule has 1 saturated carbocycles. The normalized spacial score (nSPS) is 17.0. The molecule has 0 aromatic carbocycles. The van der Waals surface area contributed by atoms with Gasteiger partial charge in [-0.2, -0.15) is 0 Å². The molecule has 70 valence electrons. The Balaban J connectivity index is 2.26. The minimum absolute atomic E-state index is 0.213. The Morgan fingerprint density at radius 1 is 1.54 bits per heavy atom. The molecule has 0 atom stereocenters. The van der Waals surface area contributed by atoms with Crippen LogP contribution in [0.1, 0.15) is 36.4 Å². The van der Waals surface area contributed by atoms with Crippen LogP contribution in [0.15, 0.2) is 12.3 Å². The van der Waals surface area contributed by atoms with E-state index in [2.05, 4.69) is 4.98 Å². The van der Waals surface area contributed by atoms with E-state index in [0.29, 0.717) is 12.5 Å². The van der Waals surface area contributed by atoms with Crippen molar-refractivity contribution in [2.24, 2.45) is 5.73 Å². The Morgan fingerprint density at radius 3 is 2.85 bits per heavy atom. The van der Waals surface area contributed by atoms with Crippen molar-refractivity contribution in [3.05, 3.63) is 23.5 Å². The highest BCUT2D eigenvalue weighted by atomic mass is 16.3. The van der Waals surface area contributed by atoms with Gasteiger partial charge in [0.1, 0.15) is 5.75 Å². The van der Waals surface area contributed by atoms with Crippen molar-refractivity contribution in [2.45, 2.75) is 31.7 Å². The molecule has 0 spiro atoms. The zero-order valence-electron chi connectivity index (χ0n) is 7.53. The van der Waals surface area contributed by atoms with Crippen LogP contribution in [0, 0.1) is 0 Å². The number of hydrogen-bond donors (Lipinski definition) is 2. The van der Waals surface area contributed by atoms with E-state index >= 15 is 0 Å². The smallest absolute Gasteiger partial charge is 0.138 e. The number of aromatic hydroxyl groups is 1. The summed E-state index contributed by atoms with van der Waals surface area (Å²) in [4.78, 5) is 4.20. The predicted octanol–water partition coefficient (Wildman–Crippen LogP) is 1.51. The molecule has 1 aromatic heterocycles. The summed E-state index contributed by atoms with van der Waals surface area (Å²) in [6.45, 7) is 0.383. The van der Waals surface area contributed by atoms with Crippen LogP contribution in [0.3, 0.4) is 0 Å². The van der Waals surface area contributed by atoms with E-state index in [1.165, 1.54) is 25.5 Å². The van der Waals surface area contributed by atoms with Gasteiger partial charge in [-0.3, -0.25) is 4.98 Å². The van der Waals surface area contributed by atoms with Gasteiger partial charge in [0.05, 0.1) is 6.20 Å². The first-order valence-corrected chi connectivity index (χ1v) is 4.69. The lowest BCUT2D eigenvalue weighted by molar-refractivity contribution is 0.407. The molecule has 3 heteroatoms. The fourth-order valence-corrected chi connectivity index (χ4v) is 1.60. The van der Waals surface area contributed by atoms with Crippen molar-refractivity contribution >= 4 is 0 Å². The Bertz CT molecular complexity index is 308. The first kappa shape index (κ1) is 8.51. The Labute approximate surface area is 77.6 Å². The molecule has 0 unspecified atom stereocenters. The van der Waals surface area contributed by atoms with Crippen LogP contribution < -0.4 is 5.73 Å². The highest BCUT2D eigenvalue weighted by Crippen LogP contribution is 2.36. The van der Waals surface area contributed by atoms with Gasteiger partial charge in [-0.1, -0.05) is 6.42 Å². The molecule has 1 aliphatic rings. The van der Waals surface area contributed by atoms with E-state index in [1.807, 2.05) is 6.07 Å². The molecule has 0 amide bonds. The van der Waals surface area contributed by atoms with Gasteiger partial charge < -0.3 is 10.8 Å². The first-order valence-electron chi connectivity index (χ1n) is 4.69. The molecule has 0 radical (unpaired) electrons. The van der Waals surface area contributed by atoms with Crippen LogP contribution in [0.5, 0.6) is 5.75 Å². The average molecular weight is 178 g/mol. The molecule has 0 bridgehead atoms. The van der Waals surface area contributed by atoms with Crippen LogP contribution in [-0.4, -0.2) is 10.1 Å². The molecule has 3 N–H and O–H groups in total. The third-order valence-corrected chi connectivity index (χ3v) is 2.73. The largest absolute Gasteiger partial charge is 0.506 e. The lowest BCUT2D eigenvalue weighted by Gasteiger charge is -2.25. The van der Waals surface area contributed by atoms with Crippen LogP contribution in [0.4, 0.5) is 0 Å². The van der Waals surface area contributed by atoms with E-state index in [1.54, 1.807) is 0 Å². The van der Waals surface area contributed by atoms with Gasteiger partial charge >= 0.3 is 0 Å². The van der Waals surface area contributed by atoms with Crippen molar-refractivity contribution < 1.29 is 5.11 Å². The van der Waals surface area contributed by atoms with Gasteiger partial charge in [-0.15, -0.1) is 0 Å². The maximum absolute atomic E-state index is 9.36. The van der Waals surface area contributed by atoms with Gasteiger partial charge in [0.25, 0.3) is 0 Å². The van der Waals surface area contributed by atoms with Crippen LogP contribution in [-0.2, 0) is 6.54 Å². The van der Waals surface area contributed by atoms with Crippen LogP contribution in [0.25, 0.3) is 0 Å². The summed E-state index contributed by atoms with van der Waals surface area (Å²) < 4.78 is 0. The SMILES string of the molecule is NCc1cc(C2CCC2)ncc1O. The molecular weight excluding hydrogens is 164 g/mol. The number of nitrogens with two attached hydrogens (primary N) is 1. The summed E-state index contributed by atoms with van der Waals surface area (Å²) in [5, 5.41) is 9.36. The second kappa shape index (κ2) is 3.34. The van der Waals surface area contributed by atoms with E-state index in [0.717, 1.165) is 11.3 Å². The quantitative estimate of drug-likeness (QED) is 0.721. The summed E-state index contributed by atoms with van der Waals surface area (Å²) in [5.74, 6) is 0.816. The minimum Gasteiger partial charge on any atom is -0.506 e. The maximum atomic E-state index is 9.36. The molecule has 3 nitrogen and oxygen atoms in total. The van der Waals surface area contributed by atoms with Crippen LogP contribution in [0.2, 0.25) is 0 Å². The molecule has 1 aliphatic carbocycles. The second-order valence-corrected chi connectivity index (χ2v) is 3.57. The van der Waals surface area contributed by atoms with Gasteiger partial charge in [0.2, 0.25) is 0 Å². The highest BCUT2D eigenvalue weighted by molar-refractivity contribution is 5.32. The van der Waals surface area contributed by atoms with Crippen molar-refractivity contribution in [1.82, 2.24) is 4.98 Å². The summed E-state index contributed by atoms with van der Waals surface area (Å²) in [7, 11) is 0. The van der Waals surface area contributed by atoms with Crippen LogP contribution >= 0.6 is 0 Å². The maximum Gasteiger partial charge on any atom is 0.138 e. The third kappa shape index (κ3) is 1.52. The van der Waals surface area contributed by atoms with Crippen molar-refractivity contribution in [3.63, 3.8) is 0 Å². The molecule has 1 fully saturated rings. The number of hydrogen-bond acceptors (Lipinski definition) is 3. The minimum atomic E-state index is 0.213. The van der Waals surface area contributed by atoms with E-state index < -0.39 is 0 Å². The Hall–Kier alpha value is -1.09. The lowest BCUT2D eigenvalue weighted by Crippen LogP contribution is -2.11. The van der Waals surface area contributed by atoms with Crippen molar-refractivity contribution in [1.29, 1.82) is 0 Å². The summed E-state index contributed by atoms with van der Waals surface area (Å²) in [6.07, 6.45) is 5.25. The standard InChI is InChI=1S/C10H14N2O/c11-5-8-4-9(7-2-1-3-7)12-6-10(8)13/h4,6-7,13H,1-3,5,11H2. The molecular formula is C10H14N2O. The second-order valence-electron chi connectivity index (χ2n) is 3.57. The van der Waals surface area contributed by atoms with Crippen molar-refractivity contribution in [2.75, 3.05) is 0 Å². The molecule has 2 rings (SSSR count). The summed E-state index contributed by atoms with van der Waals surface area (Å²) in [5.41, 5.74) is 7.38. The van der Waals surface area contributed by atoms with E-state index in [4.69, 9.17) is 5.73 Å². The number of pyridine rings is 1. The zero-order chi connectivity index (χ0) is 9.26. The Morgan fingerprint density at radius 2 is 2.31 bits per heavy atom. The molecule has 1 heterocycles. The fourth-order valence-electron chi connectivity index (χ4n) is 1.60. The average Bonchev–Trinajstić information content (AvgIpc) is 2.05. The third-order valence-electron chi connectivity index (χ3n) is 2.73. The number of aromatic nitrogens is 1.